The first-order valence-electron chi connectivity index (χ1n) is 25.9. The zero-order chi connectivity index (χ0) is 61.7. The first kappa shape index (κ1) is 62.5. The largest absolute Gasteiger partial charge is 0.491 e. The Hall–Kier alpha value is -8.52. The number of rotatable bonds is 13. The third-order valence-corrected chi connectivity index (χ3v) is 15.9. The third-order valence-electron chi connectivity index (χ3n) is 13.5. The molecule has 1 aliphatic carbocycles. The summed E-state index contributed by atoms with van der Waals surface area (Å²) >= 11 is 0. The van der Waals surface area contributed by atoms with E-state index in [0.29, 0.717) is 74.4 Å². The number of aryl methyl sites for hydroxylation is 1. The van der Waals surface area contributed by atoms with Gasteiger partial charge in [0.2, 0.25) is 20.0 Å². The molecule has 2 aliphatic heterocycles. The molecule has 85 heavy (non-hydrogen) atoms. The van der Waals surface area contributed by atoms with E-state index < -0.39 is 60.2 Å². The maximum Gasteiger partial charge on any atom is 0.491 e. The molecular formula is C59H54B4F2N4O14S2. The van der Waals surface area contributed by atoms with Crippen LogP contribution in [0.1, 0.15) is 50.2 Å². The Balaban J connectivity index is 0.000000148. The smallest absolute Gasteiger partial charge is 0.423 e. The first-order chi connectivity index (χ1) is 40.1. The van der Waals surface area contributed by atoms with Crippen LogP contribution in [0.2, 0.25) is 0 Å². The Morgan fingerprint density at radius 1 is 0.459 bits per heavy atom. The lowest BCUT2D eigenvalue weighted by Gasteiger charge is -2.09. The van der Waals surface area contributed by atoms with Crippen LogP contribution in [0.5, 0.6) is 0 Å². The summed E-state index contributed by atoms with van der Waals surface area (Å²) in [7, 11) is -13.2. The summed E-state index contributed by atoms with van der Waals surface area (Å²) < 4.78 is 78.3. The maximum atomic E-state index is 13.9. The molecule has 8 aromatic rings. The lowest BCUT2D eigenvalue weighted by atomic mass is 9.78. The number of hydrogen-bond acceptors (Lipinski definition) is 14. The van der Waals surface area contributed by atoms with E-state index in [-0.39, 0.29) is 33.6 Å². The van der Waals surface area contributed by atoms with Gasteiger partial charge < -0.3 is 50.8 Å². The molecule has 0 unspecified atom stereocenters. The highest BCUT2D eigenvalue weighted by Gasteiger charge is 2.36. The average molecular weight is 1190 g/mol. The minimum atomic E-state index is -3.33. The molecule has 2 heterocycles. The Bertz CT molecular complexity index is 4120. The number of anilines is 2. The van der Waals surface area contributed by atoms with Crippen molar-refractivity contribution in [3.8, 4) is 44.5 Å². The monoisotopic (exact) mass is 1190 g/mol. The van der Waals surface area contributed by atoms with Crippen molar-refractivity contribution in [2.24, 2.45) is 0 Å². The summed E-state index contributed by atoms with van der Waals surface area (Å²) in [5, 5.41) is 78.6. The number of sulfonamides is 2. The van der Waals surface area contributed by atoms with Gasteiger partial charge in [0.1, 0.15) is 11.6 Å². The van der Waals surface area contributed by atoms with Crippen LogP contribution in [0.25, 0.3) is 55.9 Å². The number of nitrogens with one attached hydrogen (secondary N) is 4. The number of carbonyl (C=O) groups is 2. The lowest BCUT2D eigenvalue weighted by molar-refractivity contribution is 0.0972. The molecular weight excluding hydrogens is 1130 g/mol. The highest BCUT2D eigenvalue weighted by atomic mass is 32.2. The van der Waals surface area contributed by atoms with Gasteiger partial charge in [-0.25, -0.2) is 25.6 Å². The zero-order valence-corrected chi connectivity index (χ0v) is 47.0. The quantitative estimate of drug-likeness (QED) is 0.0737. The van der Waals surface area contributed by atoms with E-state index in [1.54, 1.807) is 103 Å². The number of carbonyl (C=O) groups excluding carboxylic acids is 2. The molecule has 26 heteroatoms. The minimum absolute atomic E-state index is 0.143. The van der Waals surface area contributed by atoms with Gasteiger partial charge in [0.15, 0.2) is 0 Å². The van der Waals surface area contributed by atoms with Crippen molar-refractivity contribution >= 4 is 105 Å². The van der Waals surface area contributed by atoms with Crippen LogP contribution >= 0.6 is 0 Å². The molecule has 0 bridgehead atoms. The minimum Gasteiger partial charge on any atom is -0.423 e. The number of fused-ring (bicyclic) bond motifs is 2. The van der Waals surface area contributed by atoms with Gasteiger partial charge in [0.05, 0.1) is 11.5 Å². The summed E-state index contributed by atoms with van der Waals surface area (Å²) in [5.74, 6) is -1.53. The van der Waals surface area contributed by atoms with Crippen LogP contribution in [0.15, 0.2) is 177 Å². The van der Waals surface area contributed by atoms with Gasteiger partial charge >= 0.3 is 28.5 Å². The van der Waals surface area contributed by atoms with E-state index in [2.05, 4.69) is 33.2 Å². The summed E-state index contributed by atoms with van der Waals surface area (Å²) in [6.45, 7) is 9.45. The molecule has 0 aromatic heterocycles. The highest BCUT2D eigenvalue weighted by Crippen LogP contribution is 2.33. The van der Waals surface area contributed by atoms with E-state index in [0.717, 1.165) is 51.3 Å². The van der Waals surface area contributed by atoms with Crippen LogP contribution < -0.4 is 41.9 Å². The summed E-state index contributed by atoms with van der Waals surface area (Å²) in [4.78, 5) is 23.3. The van der Waals surface area contributed by atoms with Crippen molar-refractivity contribution in [2.75, 3.05) is 15.7 Å². The van der Waals surface area contributed by atoms with Gasteiger partial charge in [0, 0.05) is 56.0 Å². The molecule has 1 fully saturated rings. The normalized spacial score (nSPS) is 13.0. The summed E-state index contributed by atoms with van der Waals surface area (Å²) in [6.07, 6.45) is 2.44. The van der Waals surface area contributed by atoms with Gasteiger partial charge in [-0.2, -0.15) is 0 Å². The molecule has 18 nitrogen and oxygen atoms in total. The molecule has 0 saturated heterocycles. The fourth-order valence-corrected chi connectivity index (χ4v) is 11.0. The summed E-state index contributed by atoms with van der Waals surface area (Å²) in [6, 6.07) is 43.9. The van der Waals surface area contributed by atoms with Crippen LogP contribution in [-0.2, 0) is 20.0 Å². The van der Waals surface area contributed by atoms with E-state index >= 15 is 0 Å². The Morgan fingerprint density at radius 3 is 1.44 bits per heavy atom. The van der Waals surface area contributed by atoms with Crippen molar-refractivity contribution in [3.05, 3.63) is 216 Å². The van der Waals surface area contributed by atoms with E-state index in [1.165, 1.54) is 30.3 Å². The van der Waals surface area contributed by atoms with Gasteiger partial charge in [-0.15, -0.1) is 0 Å². The van der Waals surface area contributed by atoms with Gasteiger partial charge in [0.25, 0.3) is 11.8 Å². The fraction of sp³-hybridized carbons (Fsp3) is 0.0847. The Morgan fingerprint density at radius 2 is 0.918 bits per heavy atom. The van der Waals surface area contributed by atoms with Crippen molar-refractivity contribution < 1.29 is 75.4 Å². The van der Waals surface area contributed by atoms with Crippen molar-refractivity contribution in [1.82, 2.24) is 10.6 Å². The second-order valence-corrected chi connectivity index (χ2v) is 23.7. The van der Waals surface area contributed by atoms with Crippen LogP contribution in [-0.4, -0.2) is 109 Å². The molecule has 0 atom stereocenters. The Labute approximate surface area is 490 Å². The fourth-order valence-electron chi connectivity index (χ4n) is 9.03. The second-order valence-electron chi connectivity index (χ2n) is 20.0. The SMILES string of the molecule is C=C1NC(=O)c2ccc(-c3ccc(F)c(B(O)O)c3)cc21.C=C1NC(=O)c2ccc(-c3cccc(B(O)O)c3)cc21.Cc1cc(B(O)O)cc(-c2ccc(NS(C)(=O)=O)cc2)c1.O=S(=O)(Nc1ccc(-c2cc(B(O)O)ccc2F)cc1)C1CC1. The number of hydrogen-bond donors (Lipinski definition) is 12. The molecule has 12 N–H and O–H groups in total. The van der Waals surface area contributed by atoms with Crippen LogP contribution in [0.4, 0.5) is 20.2 Å². The number of amides is 2. The second kappa shape index (κ2) is 26.2. The molecule has 8 aromatic carbocycles. The first-order valence-corrected chi connectivity index (χ1v) is 29.3. The zero-order valence-electron chi connectivity index (χ0n) is 45.4. The van der Waals surface area contributed by atoms with E-state index in [4.69, 9.17) is 10.0 Å². The average Bonchev–Trinajstić information content (AvgIpc) is 4.06. The number of halogens is 2. The maximum absolute atomic E-state index is 13.9. The predicted molar refractivity (Wildman–Crippen MR) is 328 cm³/mol. The van der Waals surface area contributed by atoms with Gasteiger partial charge in [-0.05, 0) is 136 Å². The summed E-state index contributed by atoms with van der Waals surface area (Å²) in [5.41, 5.74) is 11.9. The van der Waals surface area contributed by atoms with Crippen LogP contribution in [0, 0.1) is 18.6 Å². The molecule has 3 aliphatic rings. The number of benzene rings is 8. The van der Waals surface area contributed by atoms with E-state index in [9.17, 15) is 65.3 Å². The third kappa shape index (κ3) is 15.8. The van der Waals surface area contributed by atoms with Crippen molar-refractivity contribution in [2.45, 2.75) is 25.0 Å². The van der Waals surface area contributed by atoms with E-state index in [1.807, 2.05) is 31.2 Å². The highest BCUT2D eigenvalue weighted by molar-refractivity contribution is 7.93. The lowest BCUT2D eigenvalue weighted by Crippen LogP contribution is -2.32. The topological polar surface area (TPSA) is 312 Å². The molecule has 2 amide bonds. The van der Waals surface area contributed by atoms with Crippen LogP contribution in [0.3, 0.4) is 0 Å². The molecule has 0 spiro atoms. The molecule has 0 radical (unpaired) electrons. The molecule has 432 valence electrons. The van der Waals surface area contributed by atoms with Crippen molar-refractivity contribution in [1.29, 1.82) is 0 Å². The Kier molecular flexibility index (Phi) is 19.3. The van der Waals surface area contributed by atoms with Gasteiger partial charge in [-0.1, -0.05) is 122 Å². The van der Waals surface area contributed by atoms with Crippen molar-refractivity contribution in [3.63, 3.8) is 0 Å². The molecule has 11 rings (SSSR count). The molecule has 1 saturated carbocycles. The predicted octanol–water partition coefficient (Wildman–Crippen LogP) is 3.42. The standard InChI is InChI=1S/C15H15BFNO4S.C15H11BFNO3.C15H12BNO3.C14H16BNO4S/c17-15-8-3-11(16(19)20)9-14(15)10-1-4-12(5-2-10)18-23(21,22)13-6-7-13;1-8-12-6-9(2-4-11(12)15(19)18-8)10-3-5-14(17)13(7-10)16(20)21;1-9-14-8-11(5-6-13(14)15(18)17-9)10-3-2-4-12(7-10)16(19)20;1-10-7-12(9-13(8-10)15(17)18)11-3-5-14(6-4-11)16-21(2,19)20/h1-5,8-9,13,18-20H,6-7H2;2-7,20-21H,1H2,(H,18,19);2-8,19-20H,1H2,(H,17,18);3-9,16-18H,1-2H3. The van der Waals surface area contributed by atoms with Gasteiger partial charge in [-0.3, -0.25) is 19.0 Å².